The molecule has 3 aromatic rings. The van der Waals surface area contributed by atoms with Crippen LogP contribution in [0.1, 0.15) is 42.5 Å². The van der Waals surface area contributed by atoms with Crippen molar-refractivity contribution in [1.29, 1.82) is 0 Å². The highest BCUT2D eigenvalue weighted by Crippen LogP contribution is 2.31. The van der Waals surface area contributed by atoms with Gasteiger partial charge >= 0.3 is 11.9 Å². The van der Waals surface area contributed by atoms with E-state index in [4.69, 9.17) is 37.4 Å². The van der Waals surface area contributed by atoms with Crippen LogP contribution in [0.4, 0.5) is 0 Å². The Morgan fingerprint density at radius 2 is 1.58 bits per heavy atom. The number of halogens is 2. The normalized spacial score (nSPS) is 10.4. The van der Waals surface area contributed by atoms with Gasteiger partial charge in [0.25, 0.3) is 0 Å². The number of carbonyl (C=O) groups is 3. The van der Waals surface area contributed by atoms with Crippen LogP contribution in [-0.4, -0.2) is 47.1 Å². The quantitative estimate of drug-likeness (QED) is 0.154. The van der Waals surface area contributed by atoms with Gasteiger partial charge in [0.2, 0.25) is 0 Å². The zero-order valence-electron chi connectivity index (χ0n) is 18.4. The fraction of sp³-hybridized carbons (Fsp3) is 0.227. The van der Waals surface area contributed by atoms with Crippen LogP contribution in [0, 0.1) is 0 Å². The highest BCUT2D eigenvalue weighted by molar-refractivity contribution is 9.10. The summed E-state index contributed by atoms with van der Waals surface area (Å²) in [5.41, 5.74) is 0.526. The third kappa shape index (κ3) is 5.46. The molecule has 0 unspecified atom stereocenters. The molecule has 0 N–H and O–H groups in total. The van der Waals surface area contributed by atoms with Gasteiger partial charge in [0.15, 0.2) is 5.78 Å². The molecule has 1 heterocycles. The summed E-state index contributed by atoms with van der Waals surface area (Å²) in [6.45, 7) is 4.28. The lowest BCUT2D eigenvalue weighted by Gasteiger charge is -2.14. The molecule has 0 saturated carbocycles. The van der Waals surface area contributed by atoms with E-state index >= 15 is 0 Å². The first-order valence-electron chi connectivity index (χ1n) is 9.57. The molecule has 2 aromatic carbocycles. The minimum absolute atomic E-state index is 0.0165. The molecule has 0 aliphatic carbocycles. The smallest absolute Gasteiger partial charge is 0.308 e. The second kappa shape index (κ2) is 11.2. The lowest BCUT2D eigenvalue weighted by Crippen LogP contribution is -2.35. The lowest BCUT2D eigenvalue weighted by atomic mass is 9.73. The van der Waals surface area contributed by atoms with Crippen molar-refractivity contribution in [3.63, 3.8) is 0 Å². The molecule has 6 nitrogen and oxygen atoms in total. The summed E-state index contributed by atoms with van der Waals surface area (Å²) in [5.74, 6) is 0.809. The Hall–Kier alpha value is -2.26. The van der Waals surface area contributed by atoms with E-state index in [1.807, 2.05) is 5.83 Å². The molecule has 11 heteroatoms. The van der Waals surface area contributed by atoms with Gasteiger partial charge in [-0.1, -0.05) is 33.8 Å². The SMILES string of the molecule is CBr.[B]c1c(OC(C)=O)c([B])c2oc(CC)c(C(=O)c3ccc(OC(C)=O)c(Br)c3)c2c1[B]. The van der Waals surface area contributed by atoms with Crippen molar-refractivity contribution >= 4 is 100 Å². The van der Waals surface area contributed by atoms with Gasteiger partial charge < -0.3 is 13.9 Å². The number of benzene rings is 2. The van der Waals surface area contributed by atoms with Crippen molar-refractivity contribution in [1.82, 2.24) is 0 Å². The van der Waals surface area contributed by atoms with E-state index in [1.54, 1.807) is 6.92 Å². The zero-order chi connectivity index (χ0) is 25.0. The molecule has 1 aromatic heterocycles. The largest absolute Gasteiger partial charge is 0.461 e. The van der Waals surface area contributed by atoms with Crippen LogP contribution in [-0.2, 0) is 16.0 Å². The minimum atomic E-state index is -0.631. The van der Waals surface area contributed by atoms with Crippen LogP contribution < -0.4 is 25.9 Å². The van der Waals surface area contributed by atoms with E-state index in [0.717, 1.165) is 0 Å². The molecule has 0 saturated heterocycles. The number of hydrogen-bond donors (Lipinski definition) is 0. The fourth-order valence-electron chi connectivity index (χ4n) is 3.20. The summed E-state index contributed by atoms with van der Waals surface area (Å²) in [4.78, 5) is 36.0. The van der Waals surface area contributed by atoms with E-state index in [-0.39, 0.29) is 44.4 Å². The first kappa shape index (κ1) is 27.0. The Balaban J connectivity index is 0.00000187. The molecule has 0 atom stereocenters. The van der Waals surface area contributed by atoms with E-state index in [2.05, 4.69) is 31.9 Å². The first-order valence-corrected chi connectivity index (χ1v) is 11.9. The van der Waals surface area contributed by atoms with E-state index in [0.29, 0.717) is 22.2 Å². The summed E-state index contributed by atoms with van der Waals surface area (Å²) in [6.07, 6.45) is 0.365. The Morgan fingerprint density at radius 1 is 0.970 bits per heavy atom. The summed E-state index contributed by atoms with van der Waals surface area (Å²) >= 11 is 6.23. The zero-order valence-corrected chi connectivity index (χ0v) is 21.5. The van der Waals surface area contributed by atoms with E-state index < -0.39 is 17.7 Å². The second-order valence-corrected chi connectivity index (χ2v) is 7.54. The molecule has 3 rings (SSSR count). The number of furan rings is 1. The van der Waals surface area contributed by atoms with Crippen LogP contribution >= 0.6 is 31.9 Å². The summed E-state index contributed by atoms with van der Waals surface area (Å²) in [6, 6.07) is 4.53. The Kier molecular flexibility index (Phi) is 9.20. The minimum Gasteiger partial charge on any atom is -0.461 e. The van der Waals surface area contributed by atoms with Gasteiger partial charge in [0.05, 0.1) is 10.0 Å². The third-order valence-corrected chi connectivity index (χ3v) is 5.14. The molecule has 0 amide bonds. The lowest BCUT2D eigenvalue weighted by molar-refractivity contribution is -0.132. The number of rotatable bonds is 5. The van der Waals surface area contributed by atoms with Gasteiger partial charge in [-0.2, -0.15) is 0 Å². The molecule has 33 heavy (non-hydrogen) atoms. The van der Waals surface area contributed by atoms with Crippen molar-refractivity contribution in [2.75, 3.05) is 5.83 Å². The van der Waals surface area contributed by atoms with Gasteiger partial charge in [0, 0.05) is 31.2 Å². The number of ether oxygens (including phenoxy) is 2. The number of ketones is 1. The molecule has 0 aliphatic heterocycles. The number of fused-ring (bicyclic) bond motifs is 1. The van der Waals surface area contributed by atoms with Crippen molar-refractivity contribution in [2.24, 2.45) is 0 Å². The molecule has 6 radical (unpaired) electrons. The van der Waals surface area contributed by atoms with Gasteiger partial charge in [-0.3, -0.25) is 14.4 Å². The molecule has 0 fully saturated rings. The number of aryl methyl sites for hydroxylation is 1. The molecular weight excluding hydrogens is 552 g/mol. The maximum atomic E-state index is 13.4. The van der Waals surface area contributed by atoms with Crippen LogP contribution in [0.5, 0.6) is 11.5 Å². The number of alkyl halides is 1. The highest BCUT2D eigenvalue weighted by atomic mass is 79.9. The number of esters is 2. The number of hydrogen-bond acceptors (Lipinski definition) is 6. The summed E-state index contributed by atoms with van der Waals surface area (Å²) in [7, 11) is 18.4. The molecular formula is C22H17B3Br2O6. The average molecular weight is 570 g/mol. The van der Waals surface area contributed by atoms with Crippen molar-refractivity contribution in [3.05, 3.63) is 39.6 Å². The maximum Gasteiger partial charge on any atom is 0.308 e. The Morgan fingerprint density at radius 3 is 2.09 bits per heavy atom. The van der Waals surface area contributed by atoms with Crippen LogP contribution in [0.25, 0.3) is 11.0 Å². The molecule has 0 bridgehead atoms. The predicted molar refractivity (Wildman–Crippen MR) is 137 cm³/mol. The van der Waals surface area contributed by atoms with E-state index in [9.17, 15) is 14.4 Å². The Labute approximate surface area is 212 Å². The molecule has 164 valence electrons. The Bertz CT molecular complexity index is 1250. The summed E-state index contributed by atoms with van der Waals surface area (Å²) < 4.78 is 16.4. The van der Waals surface area contributed by atoms with Crippen LogP contribution in [0.3, 0.4) is 0 Å². The average Bonchev–Trinajstić information content (AvgIpc) is 3.17. The first-order chi connectivity index (χ1) is 15.6. The summed E-state index contributed by atoms with van der Waals surface area (Å²) in [5, 5.41) is 0.243. The molecule has 0 spiro atoms. The maximum absolute atomic E-state index is 13.4. The predicted octanol–water partition coefficient (Wildman–Crippen LogP) is 2.23. The topological polar surface area (TPSA) is 82.8 Å². The standard InChI is InChI=1S/C21H14B3BrO6.CH3Br/c1-4-12-14(19(28)10-5-6-13(11(25)7-10)29-8(2)26)15-16(22)17(23)21(30-9(3)27)18(24)20(15)31-12;1-2/h5-7H,4H2,1-3H3;1H3. The van der Waals surface area contributed by atoms with Crippen molar-refractivity contribution in [3.8, 4) is 11.5 Å². The van der Waals surface area contributed by atoms with Crippen LogP contribution in [0.15, 0.2) is 27.1 Å². The fourth-order valence-corrected chi connectivity index (χ4v) is 3.66. The third-order valence-electron chi connectivity index (χ3n) is 4.52. The molecule has 0 aliphatic rings. The van der Waals surface area contributed by atoms with Crippen molar-refractivity contribution in [2.45, 2.75) is 27.2 Å². The van der Waals surface area contributed by atoms with Gasteiger partial charge in [0.1, 0.15) is 46.4 Å². The second-order valence-electron chi connectivity index (χ2n) is 6.69. The van der Waals surface area contributed by atoms with Crippen molar-refractivity contribution < 1.29 is 28.3 Å². The highest BCUT2D eigenvalue weighted by Gasteiger charge is 2.26. The van der Waals surface area contributed by atoms with Gasteiger partial charge in [-0.15, -0.1) is 0 Å². The van der Waals surface area contributed by atoms with E-state index in [1.165, 1.54) is 32.0 Å². The van der Waals surface area contributed by atoms with Gasteiger partial charge in [-0.05, 0) is 45.4 Å². The van der Waals surface area contributed by atoms with Crippen LogP contribution in [0.2, 0.25) is 0 Å². The monoisotopic (exact) mass is 568 g/mol. The number of carbonyl (C=O) groups excluding carboxylic acids is 3. The van der Waals surface area contributed by atoms with Gasteiger partial charge in [-0.25, -0.2) is 0 Å².